The van der Waals surface area contributed by atoms with Crippen molar-refractivity contribution >= 4 is 61.2 Å². The van der Waals surface area contributed by atoms with E-state index < -0.39 is 34.6 Å². The smallest absolute Gasteiger partial charge is 1.00 e. The maximum Gasteiger partial charge on any atom is 2.00 e. The van der Waals surface area contributed by atoms with E-state index in [0.29, 0.717) is 0 Å². The first-order valence-electron chi connectivity index (χ1n) is 6.25. The van der Waals surface area contributed by atoms with E-state index in [-0.39, 0.29) is 62.8 Å². The molecule has 0 heterocycles. The predicted octanol–water partition coefficient (Wildman–Crippen LogP) is 1.70. The molecule has 0 aliphatic heterocycles. The molecule has 0 saturated heterocycles. The molecule has 0 aromatic heterocycles. The normalized spacial score (nSPS) is 12.0. The van der Waals surface area contributed by atoms with Gasteiger partial charge in [-0.15, -0.1) is 0 Å². The number of aromatic carboxylic acids is 2. The van der Waals surface area contributed by atoms with Crippen molar-refractivity contribution in [3.05, 3.63) is 69.8 Å². The number of carbonyl (C=O) groups is 4. The Morgan fingerprint density at radius 2 is 1.09 bits per heavy atom. The molecule has 0 radical (unpaired) electrons. The molecular weight excluding hydrogens is 328 g/mol. The Balaban J connectivity index is 0.00000192. The van der Waals surface area contributed by atoms with Crippen LogP contribution >= 0.6 is 0 Å². The number of fused-ring (bicyclic) bond motifs is 2. The fourth-order valence-electron chi connectivity index (χ4n) is 2.50. The van der Waals surface area contributed by atoms with Gasteiger partial charge in [0.25, 0.3) is 0 Å². The largest absolute Gasteiger partial charge is 2.00 e. The van der Waals surface area contributed by atoms with Crippen LogP contribution in [0.25, 0.3) is 0 Å². The summed E-state index contributed by atoms with van der Waals surface area (Å²) in [6.45, 7) is 0. The van der Waals surface area contributed by atoms with Crippen LogP contribution in [0, 0.1) is 0 Å². The van der Waals surface area contributed by atoms with E-state index in [1.807, 2.05) is 0 Å². The van der Waals surface area contributed by atoms with Crippen molar-refractivity contribution in [2.45, 2.75) is 0 Å². The first-order valence-corrected chi connectivity index (χ1v) is 6.25. The van der Waals surface area contributed by atoms with E-state index in [4.69, 9.17) is 10.2 Å². The molecule has 23 heavy (non-hydrogen) atoms. The van der Waals surface area contributed by atoms with Gasteiger partial charge in [-0.3, -0.25) is 9.59 Å². The fraction of sp³-hybridized carbons (Fsp3) is 0. The van der Waals surface area contributed by atoms with E-state index in [2.05, 4.69) is 0 Å². The van der Waals surface area contributed by atoms with Gasteiger partial charge in [0, 0.05) is 22.3 Å². The zero-order valence-electron chi connectivity index (χ0n) is 13.7. The van der Waals surface area contributed by atoms with Gasteiger partial charge in [0.1, 0.15) is 0 Å². The van der Waals surface area contributed by atoms with Crippen LogP contribution in [0.1, 0.15) is 55.4 Å². The molecule has 0 unspecified atom stereocenters. The summed E-state index contributed by atoms with van der Waals surface area (Å²) in [5.41, 5.74) is -0.866. The van der Waals surface area contributed by atoms with Gasteiger partial charge < -0.3 is 13.1 Å². The molecule has 0 saturated carbocycles. The maximum atomic E-state index is 12.4. The molecule has 0 bridgehead atoms. The maximum absolute atomic E-state index is 12.4. The van der Waals surface area contributed by atoms with Gasteiger partial charge in [-0.05, 0) is 12.1 Å². The number of ketones is 2. The Morgan fingerprint density at radius 3 is 1.39 bits per heavy atom. The number of carboxylic acids is 2. The SMILES string of the molecule is O=C(O)c1cc2c(cc1C(=O)O)C(=O)c1ccccc1C2=O.[Ca+2].[H-].[H-]. The second-order valence-electron chi connectivity index (χ2n) is 4.76. The molecule has 3 rings (SSSR count). The summed E-state index contributed by atoms with van der Waals surface area (Å²) in [5, 5.41) is 18.2. The number of hydrogen-bond donors (Lipinski definition) is 2. The monoisotopic (exact) mass is 338 g/mol. The van der Waals surface area contributed by atoms with Crippen molar-refractivity contribution in [1.82, 2.24) is 0 Å². The minimum Gasteiger partial charge on any atom is -1.00 e. The molecule has 0 atom stereocenters. The van der Waals surface area contributed by atoms with E-state index >= 15 is 0 Å². The second-order valence-corrected chi connectivity index (χ2v) is 4.76. The summed E-state index contributed by atoms with van der Waals surface area (Å²) in [6, 6.07) is 8.06. The average molecular weight is 338 g/mol. The van der Waals surface area contributed by atoms with Gasteiger partial charge in [0.05, 0.1) is 11.1 Å². The number of carboxylic acid groups (broad SMARTS) is 2. The molecule has 6 nitrogen and oxygen atoms in total. The Labute approximate surface area is 162 Å². The first kappa shape index (κ1) is 17.3. The Bertz CT molecular complexity index is 822. The van der Waals surface area contributed by atoms with Crippen molar-refractivity contribution in [1.29, 1.82) is 0 Å². The topological polar surface area (TPSA) is 109 Å². The first-order chi connectivity index (χ1) is 10.4. The van der Waals surface area contributed by atoms with Crippen LogP contribution < -0.4 is 0 Å². The van der Waals surface area contributed by atoms with Gasteiger partial charge in [-0.2, -0.15) is 0 Å². The Kier molecular flexibility index (Phi) is 4.70. The van der Waals surface area contributed by atoms with Crippen molar-refractivity contribution in [3.8, 4) is 0 Å². The number of carbonyl (C=O) groups excluding carboxylic acids is 2. The summed E-state index contributed by atoms with van der Waals surface area (Å²) < 4.78 is 0. The molecule has 0 fully saturated rings. The van der Waals surface area contributed by atoms with Crippen molar-refractivity contribution in [3.63, 3.8) is 0 Å². The van der Waals surface area contributed by atoms with E-state index in [1.54, 1.807) is 12.1 Å². The third kappa shape index (κ3) is 2.69. The molecule has 1 aliphatic carbocycles. The molecule has 2 aromatic carbocycles. The van der Waals surface area contributed by atoms with Crippen LogP contribution in [-0.2, 0) is 0 Å². The quantitative estimate of drug-likeness (QED) is 0.689. The molecule has 2 N–H and O–H groups in total. The predicted molar refractivity (Wildman–Crippen MR) is 81.6 cm³/mol. The van der Waals surface area contributed by atoms with Crippen molar-refractivity contribution in [2.75, 3.05) is 0 Å². The molecule has 112 valence electrons. The van der Waals surface area contributed by atoms with E-state index in [1.165, 1.54) is 12.1 Å². The average Bonchev–Trinajstić information content (AvgIpc) is 2.51. The van der Waals surface area contributed by atoms with Crippen LogP contribution in [0.3, 0.4) is 0 Å². The standard InChI is InChI=1S/C16H8O6.Ca.2H/c17-13-7-3-1-2-4-8(7)14(18)10-6-12(16(21)22)11(15(19)20)5-9(10)13;;;/h1-6H,(H,19,20)(H,21,22);;;/q;+2;2*-1. The fourth-order valence-corrected chi connectivity index (χ4v) is 2.50. The van der Waals surface area contributed by atoms with Gasteiger partial charge in [-0.25, -0.2) is 9.59 Å². The molecule has 0 amide bonds. The van der Waals surface area contributed by atoms with Gasteiger partial charge in [-0.1, -0.05) is 24.3 Å². The molecule has 1 aliphatic rings. The van der Waals surface area contributed by atoms with Crippen LogP contribution in [-0.4, -0.2) is 71.5 Å². The number of benzene rings is 2. The minimum absolute atomic E-state index is 0. The van der Waals surface area contributed by atoms with E-state index in [9.17, 15) is 19.2 Å². The Hall–Kier alpha value is -2.02. The van der Waals surface area contributed by atoms with Crippen LogP contribution in [0.5, 0.6) is 0 Å². The van der Waals surface area contributed by atoms with Crippen LogP contribution in [0.4, 0.5) is 0 Å². The summed E-state index contributed by atoms with van der Waals surface area (Å²) in [6.07, 6.45) is 0. The zero-order valence-corrected chi connectivity index (χ0v) is 13.9. The van der Waals surface area contributed by atoms with Crippen molar-refractivity contribution < 1.29 is 32.2 Å². The number of rotatable bonds is 2. The minimum atomic E-state index is -1.47. The van der Waals surface area contributed by atoms with Gasteiger partial charge in [0.15, 0.2) is 11.6 Å². The molecule has 2 aromatic rings. The summed E-state index contributed by atoms with van der Waals surface area (Å²) in [5.74, 6) is -3.94. The zero-order chi connectivity index (χ0) is 16.0. The van der Waals surface area contributed by atoms with Gasteiger partial charge in [0.2, 0.25) is 0 Å². The van der Waals surface area contributed by atoms with Gasteiger partial charge >= 0.3 is 49.7 Å². The second kappa shape index (κ2) is 6.23. The summed E-state index contributed by atoms with van der Waals surface area (Å²) in [7, 11) is 0. The molecular formula is C16H10CaO6. The Morgan fingerprint density at radius 1 is 0.739 bits per heavy atom. The summed E-state index contributed by atoms with van der Waals surface area (Å²) in [4.78, 5) is 47.2. The summed E-state index contributed by atoms with van der Waals surface area (Å²) >= 11 is 0. The number of hydrogen-bond acceptors (Lipinski definition) is 4. The van der Waals surface area contributed by atoms with E-state index in [0.717, 1.165) is 12.1 Å². The molecule has 7 heteroatoms. The van der Waals surface area contributed by atoms with Crippen LogP contribution in [0.2, 0.25) is 0 Å². The van der Waals surface area contributed by atoms with Crippen molar-refractivity contribution in [2.24, 2.45) is 0 Å². The van der Waals surface area contributed by atoms with Crippen LogP contribution in [0.15, 0.2) is 36.4 Å². The third-order valence-electron chi connectivity index (χ3n) is 3.52. The molecule has 0 spiro atoms. The third-order valence-corrected chi connectivity index (χ3v) is 3.52.